The molecule has 12 heteroatoms. The molecule has 2 heterocycles. The molecule has 4 unspecified atom stereocenters. The molecular weight excluding hydrogens is 440 g/mol. The molecule has 1 aromatic heterocycles. The van der Waals surface area contributed by atoms with Crippen molar-refractivity contribution in [1.82, 2.24) is 14.9 Å². The van der Waals surface area contributed by atoms with Crippen molar-refractivity contribution in [3.8, 4) is 0 Å². The van der Waals surface area contributed by atoms with Crippen LogP contribution >= 0.6 is 20.4 Å². The Kier molecular flexibility index (Phi) is 9.95. The molecule has 9 nitrogen and oxygen atoms in total. The number of nitrogens with one attached hydrogen (secondary N) is 2. The maximum Gasteiger partial charge on any atom is 0.330 e. The van der Waals surface area contributed by atoms with Crippen molar-refractivity contribution < 1.29 is 18.0 Å². The van der Waals surface area contributed by atoms with Gasteiger partial charge in [0.15, 0.2) is 8.38 Å². The normalized spacial score (nSPS) is 24.1. The molecule has 31 heavy (non-hydrogen) atoms. The van der Waals surface area contributed by atoms with Crippen LogP contribution in [0.2, 0.25) is 0 Å². The van der Waals surface area contributed by atoms with Gasteiger partial charge in [0.05, 0.1) is 18.8 Å². The zero-order valence-corrected chi connectivity index (χ0v) is 20.5. The fraction of sp³-hybridized carbons (Fsp3) is 0.789. The Morgan fingerprint density at radius 2 is 2.32 bits per heavy atom. The van der Waals surface area contributed by atoms with Crippen molar-refractivity contribution >= 4 is 28.2 Å². The fourth-order valence-electron chi connectivity index (χ4n) is 3.19. The van der Waals surface area contributed by atoms with E-state index >= 15 is 0 Å². The molecule has 0 radical (unpaired) electrons. The van der Waals surface area contributed by atoms with Gasteiger partial charge in [0, 0.05) is 30.9 Å². The molecule has 2 N–H and O–H groups in total. The monoisotopic (exact) mass is 478 g/mol. The Labute approximate surface area is 193 Å². The quantitative estimate of drug-likeness (QED) is 0.180. The number of aryl methyl sites for hydroxylation is 1. The van der Waals surface area contributed by atoms with Crippen molar-refractivity contribution in [1.29, 1.82) is 2.67 Å². The summed E-state index contributed by atoms with van der Waals surface area (Å²) >= 11 is 1.04. The zero-order chi connectivity index (χ0) is 24.5. The molecule has 1 aliphatic rings. The van der Waals surface area contributed by atoms with Crippen LogP contribution in [0, 0.1) is 6.92 Å². The number of ether oxygens (including phenoxy) is 1. The number of rotatable bonds is 14. The molecule has 0 aromatic carbocycles. The molecule has 1 aromatic rings. The third-order valence-corrected chi connectivity index (χ3v) is 6.40. The highest BCUT2D eigenvalue weighted by Gasteiger charge is 2.39. The van der Waals surface area contributed by atoms with E-state index in [4.69, 9.17) is 20.6 Å². The maximum atomic E-state index is 12.3. The van der Waals surface area contributed by atoms with Crippen LogP contribution < -0.4 is 16.6 Å². The van der Waals surface area contributed by atoms with Crippen LogP contribution in [0.3, 0.4) is 0 Å². The molecule has 176 valence electrons. The summed E-state index contributed by atoms with van der Waals surface area (Å²) in [5.74, 6) is 0. The van der Waals surface area contributed by atoms with E-state index in [0.29, 0.717) is 18.0 Å². The largest absolute Gasteiger partial charge is 0.349 e. The van der Waals surface area contributed by atoms with Gasteiger partial charge in [-0.1, -0.05) is 13.8 Å². The average molecular weight is 478 g/mol. The third kappa shape index (κ3) is 8.65. The van der Waals surface area contributed by atoms with Crippen molar-refractivity contribution in [2.75, 3.05) is 25.5 Å². The first-order valence-corrected chi connectivity index (χ1v) is 13.0. The summed E-state index contributed by atoms with van der Waals surface area (Å²) in [4.78, 5) is 26.3. The van der Waals surface area contributed by atoms with E-state index in [9.17, 15) is 9.59 Å². The number of nitrogens with zero attached hydrogens (tertiary/aromatic N) is 1. The first-order chi connectivity index (χ1) is 15.6. The molecule has 5 atom stereocenters. The van der Waals surface area contributed by atoms with Crippen LogP contribution in [0.5, 0.6) is 0 Å². The zero-order valence-electron chi connectivity index (χ0n) is 20.8. The number of hydrogen-bond acceptors (Lipinski definition) is 8. The predicted octanol–water partition coefficient (Wildman–Crippen LogP) is 1.51. The van der Waals surface area contributed by atoms with Crippen LogP contribution in [0.1, 0.15) is 45.4 Å². The minimum Gasteiger partial charge on any atom is -0.349 e. The summed E-state index contributed by atoms with van der Waals surface area (Å²) in [6, 6.07) is 0.420. The standard InChI is InChI=1S/C19H35BN3O6PS/c1-12(2)21-7-6-14(4)28-30(5)29-15-8-17(27-16(15)10-26-31-11-20)23-9-13(3)18(24)22-19(23)25/h9,12,14-17,21H,6-8,10-11,20H2,1-5H3,(H,22,24,25)/t14-,15?,16?,17?,30?/m1/s1/i20TD. The van der Waals surface area contributed by atoms with E-state index in [-0.39, 0.29) is 24.5 Å². The highest BCUT2D eigenvalue weighted by atomic mass is 32.2. The summed E-state index contributed by atoms with van der Waals surface area (Å²) in [7, 11) is -2.18. The minimum atomic E-state index is -1.20. The number of aromatic amines is 1. The van der Waals surface area contributed by atoms with E-state index in [2.05, 4.69) is 24.1 Å². The highest BCUT2D eigenvalue weighted by molar-refractivity contribution is 7.95. The van der Waals surface area contributed by atoms with Crippen LogP contribution in [0.4, 0.5) is 0 Å². The van der Waals surface area contributed by atoms with Gasteiger partial charge in [-0.05, 0) is 47.2 Å². The Bertz CT molecular complexity index is 848. The molecular formula is C19H35BN3O6PS. The first kappa shape index (κ1) is 23.5. The maximum absolute atomic E-state index is 12.3. The van der Waals surface area contributed by atoms with Crippen molar-refractivity contribution in [2.24, 2.45) is 0 Å². The summed E-state index contributed by atoms with van der Waals surface area (Å²) in [6.45, 7) is 10.8. The Balaban J connectivity index is 2.01. The summed E-state index contributed by atoms with van der Waals surface area (Å²) in [5, 5.41) is 3.37. The van der Waals surface area contributed by atoms with Gasteiger partial charge in [0.2, 0.25) is 0 Å². The SMILES string of the molecule is [2H]B([3H])CSOCC1OC(n2cc(C)c(=O)[nH]c2=O)CC1OP(C)O[C@H](C)CCNC(C)C. The Morgan fingerprint density at radius 3 is 3.03 bits per heavy atom. The second-order valence-corrected chi connectivity index (χ2v) is 9.92. The minimum absolute atomic E-state index is 0.0197. The van der Waals surface area contributed by atoms with Gasteiger partial charge in [0.1, 0.15) is 20.1 Å². The average Bonchev–Trinajstić information content (AvgIpc) is 3.09. The molecule has 0 aliphatic carbocycles. The summed E-state index contributed by atoms with van der Waals surface area (Å²) < 4.78 is 39.7. The van der Waals surface area contributed by atoms with Gasteiger partial charge in [0.25, 0.3) is 5.56 Å². The van der Waals surface area contributed by atoms with Crippen molar-refractivity contribution in [3.63, 3.8) is 0 Å². The van der Waals surface area contributed by atoms with E-state index < -0.39 is 39.7 Å². The van der Waals surface area contributed by atoms with Crippen LogP contribution in [-0.4, -0.2) is 69.8 Å². The van der Waals surface area contributed by atoms with E-state index in [1.165, 1.54) is 10.8 Å². The van der Waals surface area contributed by atoms with E-state index in [1.807, 2.05) is 13.6 Å². The lowest BCUT2D eigenvalue weighted by molar-refractivity contribution is -0.0348. The molecule has 2 rings (SSSR count). The highest BCUT2D eigenvalue weighted by Crippen LogP contribution is 2.43. The lowest BCUT2D eigenvalue weighted by atomic mass is 10.2. The van der Waals surface area contributed by atoms with Crippen molar-refractivity contribution in [3.05, 3.63) is 32.6 Å². The van der Waals surface area contributed by atoms with Gasteiger partial charge in [-0.15, -0.1) is 0 Å². The summed E-state index contributed by atoms with van der Waals surface area (Å²) in [6.07, 6.45) is 1.29. The van der Waals surface area contributed by atoms with Crippen LogP contribution in [0.15, 0.2) is 15.8 Å². The van der Waals surface area contributed by atoms with E-state index in [1.54, 1.807) is 6.92 Å². The molecule has 1 saturated heterocycles. The second kappa shape index (κ2) is 13.1. The van der Waals surface area contributed by atoms with Crippen LogP contribution in [-0.2, 0) is 18.0 Å². The second-order valence-electron chi connectivity index (χ2n) is 7.81. The molecule has 1 aliphatic heterocycles. The number of hydrogen-bond donors (Lipinski definition) is 2. The predicted molar refractivity (Wildman–Crippen MR) is 128 cm³/mol. The van der Waals surface area contributed by atoms with E-state index in [0.717, 1.165) is 25.0 Å². The first-order valence-electron chi connectivity index (χ1n) is 11.6. The number of aromatic nitrogens is 2. The third-order valence-electron chi connectivity index (χ3n) is 4.74. The molecule has 0 bridgehead atoms. The molecule has 0 amide bonds. The van der Waals surface area contributed by atoms with Gasteiger partial charge < -0.3 is 23.3 Å². The van der Waals surface area contributed by atoms with Gasteiger partial charge >= 0.3 is 5.69 Å². The molecule has 1 fully saturated rings. The van der Waals surface area contributed by atoms with Crippen molar-refractivity contribution in [2.45, 2.75) is 71.1 Å². The lowest BCUT2D eigenvalue weighted by Gasteiger charge is -2.24. The molecule has 0 spiro atoms. The lowest BCUT2D eigenvalue weighted by Crippen LogP contribution is -2.33. The van der Waals surface area contributed by atoms with Gasteiger partial charge in [-0.3, -0.25) is 14.3 Å². The summed E-state index contributed by atoms with van der Waals surface area (Å²) in [5.41, 5.74) is -0.345. The smallest absolute Gasteiger partial charge is 0.330 e. The fourth-order valence-corrected chi connectivity index (χ4v) is 4.78. The van der Waals surface area contributed by atoms with Crippen LogP contribution in [0.25, 0.3) is 0 Å². The number of H-pyrrole nitrogens is 1. The van der Waals surface area contributed by atoms with Gasteiger partial charge in [-0.2, -0.15) is 0 Å². The van der Waals surface area contributed by atoms with Gasteiger partial charge in [-0.25, -0.2) is 4.79 Å². The topological polar surface area (TPSA) is 104 Å². The Morgan fingerprint density at radius 1 is 1.55 bits per heavy atom. The Hall–Kier alpha value is -0.675. The molecule has 0 saturated carbocycles.